The van der Waals surface area contributed by atoms with Crippen molar-refractivity contribution in [3.63, 3.8) is 0 Å². The third-order valence-corrected chi connectivity index (χ3v) is 2.83. The van der Waals surface area contributed by atoms with E-state index in [1.807, 2.05) is 31.2 Å². The first kappa shape index (κ1) is 13.1. The molecule has 5 nitrogen and oxygen atoms in total. The zero-order chi connectivity index (χ0) is 13.8. The van der Waals surface area contributed by atoms with Gasteiger partial charge < -0.3 is 15.1 Å². The SMILES string of the molecule is CC(=O)NCCNC(=O)c1oc2ccccc2c1C. The van der Waals surface area contributed by atoms with Crippen LogP contribution in [0.25, 0.3) is 11.0 Å². The first-order valence-electron chi connectivity index (χ1n) is 6.10. The van der Waals surface area contributed by atoms with Crippen molar-refractivity contribution in [3.8, 4) is 0 Å². The number of hydrogen-bond donors (Lipinski definition) is 2. The van der Waals surface area contributed by atoms with E-state index in [2.05, 4.69) is 10.6 Å². The van der Waals surface area contributed by atoms with Crippen molar-refractivity contribution in [1.29, 1.82) is 0 Å². The second-order valence-corrected chi connectivity index (χ2v) is 4.29. The lowest BCUT2D eigenvalue weighted by molar-refractivity contribution is -0.118. The highest BCUT2D eigenvalue weighted by Gasteiger charge is 2.16. The zero-order valence-corrected chi connectivity index (χ0v) is 10.9. The molecule has 0 spiro atoms. The third kappa shape index (κ3) is 2.93. The molecule has 2 N–H and O–H groups in total. The van der Waals surface area contributed by atoms with Gasteiger partial charge in [0.1, 0.15) is 5.58 Å². The predicted octanol–water partition coefficient (Wildman–Crippen LogP) is 1.61. The summed E-state index contributed by atoms with van der Waals surface area (Å²) < 4.78 is 5.54. The summed E-state index contributed by atoms with van der Waals surface area (Å²) >= 11 is 0. The maximum Gasteiger partial charge on any atom is 0.287 e. The Morgan fingerprint density at radius 2 is 1.84 bits per heavy atom. The Morgan fingerprint density at radius 3 is 2.53 bits per heavy atom. The Balaban J connectivity index is 2.05. The standard InChI is InChI=1S/C14H16N2O3/c1-9-11-5-3-4-6-12(11)19-13(9)14(18)16-8-7-15-10(2)17/h3-6H,7-8H2,1-2H3,(H,15,17)(H,16,18). The van der Waals surface area contributed by atoms with Crippen molar-refractivity contribution in [2.75, 3.05) is 13.1 Å². The molecule has 0 radical (unpaired) electrons. The molecule has 0 saturated heterocycles. The van der Waals surface area contributed by atoms with E-state index in [-0.39, 0.29) is 11.8 Å². The molecule has 19 heavy (non-hydrogen) atoms. The normalized spacial score (nSPS) is 10.4. The number of para-hydroxylation sites is 1. The molecule has 2 amide bonds. The average Bonchev–Trinajstić information content (AvgIpc) is 2.72. The fourth-order valence-corrected chi connectivity index (χ4v) is 1.89. The number of nitrogens with one attached hydrogen (secondary N) is 2. The molecule has 2 rings (SSSR count). The fraction of sp³-hybridized carbons (Fsp3) is 0.286. The molecule has 0 atom stereocenters. The van der Waals surface area contributed by atoms with Crippen LogP contribution in [-0.4, -0.2) is 24.9 Å². The van der Waals surface area contributed by atoms with Crippen LogP contribution in [0.2, 0.25) is 0 Å². The van der Waals surface area contributed by atoms with E-state index in [1.165, 1.54) is 6.92 Å². The van der Waals surface area contributed by atoms with Crippen LogP contribution in [0, 0.1) is 6.92 Å². The highest BCUT2D eigenvalue weighted by atomic mass is 16.3. The number of fused-ring (bicyclic) bond motifs is 1. The van der Waals surface area contributed by atoms with Crippen molar-refractivity contribution < 1.29 is 14.0 Å². The van der Waals surface area contributed by atoms with Gasteiger partial charge in [-0.1, -0.05) is 18.2 Å². The molecular formula is C14H16N2O3. The van der Waals surface area contributed by atoms with E-state index < -0.39 is 0 Å². The van der Waals surface area contributed by atoms with Gasteiger partial charge in [-0.3, -0.25) is 9.59 Å². The minimum absolute atomic E-state index is 0.117. The van der Waals surface area contributed by atoms with E-state index >= 15 is 0 Å². The van der Waals surface area contributed by atoms with Crippen LogP contribution in [0.15, 0.2) is 28.7 Å². The van der Waals surface area contributed by atoms with Gasteiger partial charge in [0, 0.05) is 31.0 Å². The smallest absolute Gasteiger partial charge is 0.287 e. The highest BCUT2D eigenvalue weighted by Crippen LogP contribution is 2.24. The largest absolute Gasteiger partial charge is 0.451 e. The van der Waals surface area contributed by atoms with Gasteiger partial charge in [0.15, 0.2) is 5.76 Å². The van der Waals surface area contributed by atoms with Crippen LogP contribution < -0.4 is 10.6 Å². The molecule has 0 aliphatic heterocycles. The lowest BCUT2D eigenvalue weighted by atomic mass is 10.1. The Morgan fingerprint density at radius 1 is 1.16 bits per heavy atom. The zero-order valence-electron chi connectivity index (χ0n) is 10.9. The van der Waals surface area contributed by atoms with Crippen LogP contribution in [-0.2, 0) is 4.79 Å². The molecule has 0 aliphatic rings. The predicted molar refractivity (Wildman–Crippen MR) is 72.0 cm³/mol. The molecule has 0 fully saturated rings. The van der Waals surface area contributed by atoms with E-state index in [9.17, 15) is 9.59 Å². The first-order valence-corrected chi connectivity index (χ1v) is 6.10. The molecule has 100 valence electrons. The van der Waals surface area contributed by atoms with Gasteiger partial charge in [-0.2, -0.15) is 0 Å². The summed E-state index contributed by atoms with van der Waals surface area (Å²) in [5, 5.41) is 6.26. The van der Waals surface area contributed by atoms with Crippen molar-refractivity contribution in [3.05, 3.63) is 35.6 Å². The molecule has 2 aromatic rings. The molecule has 1 heterocycles. The number of benzene rings is 1. The maximum atomic E-state index is 12.0. The van der Waals surface area contributed by atoms with Gasteiger partial charge in [-0.15, -0.1) is 0 Å². The summed E-state index contributed by atoms with van der Waals surface area (Å²) in [5.41, 5.74) is 1.53. The van der Waals surface area contributed by atoms with Gasteiger partial charge in [0.25, 0.3) is 5.91 Å². The van der Waals surface area contributed by atoms with E-state index in [0.29, 0.717) is 24.4 Å². The van der Waals surface area contributed by atoms with Crippen molar-refractivity contribution >= 4 is 22.8 Å². The van der Waals surface area contributed by atoms with Crippen LogP contribution in [0.4, 0.5) is 0 Å². The summed E-state index contributed by atoms with van der Waals surface area (Å²) in [7, 11) is 0. The quantitative estimate of drug-likeness (QED) is 0.820. The Labute approximate surface area is 111 Å². The summed E-state index contributed by atoms with van der Waals surface area (Å²) in [6.45, 7) is 4.06. The topological polar surface area (TPSA) is 71.3 Å². The van der Waals surface area contributed by atoms with Crippen molar-refractivity contribution in [2.24, 2.45) is 0 Å². The second-order valence-electron chi connectivity index (χ2n) is 4.29. The molecular weight excluding hydrogens is 244 g/mol. The number of rotatable bonds is 4. The molecule has 0 bridgehead atoms. The highest BCUT2D eigenvalue weighted by molar-refractivity contribution is 5.98. The minimum atomic E-state index is -0.265. The minimum Gasteiger partial charge on any atom is -0.451 e. The van der Waals surface area contributed by atoms with Gasteiger partial charge in [-0.25, -0.2) is 0 Å². The van der Waals surface area contributed by atoms with Gasteiger partial charge in [-0.05, 0) is 13.0 Å². The van der Waals surface area contributed by atoms with E-state index in [1.54, 1.807) is 0 Å². The third-order valence-electron chi connectivity index (χ3n) is 2.83. The summed E-state index contributed by atoms with van der Waals surface area (Å²) in [6, 6.07) is 7.52. The van der Waals surface area contributed by atoms with Crippen LogP contribution in [0.1, 0.15) is 23.0 Å². The lowest BCUT2D eigenvalue weighted by Gasteiger charge is -2.04. The number of aryl methyl sites for hydroxylation is 1. The first-order chi connectivity index (χ1) is 9.09. The number of carbonyl (C=O) groups excluding carboxylic acids is 2. The molecule has 5 heteroatoms. The average molecular weight is 260 g/mol. The Hall–Kier alpha value is -2.30. The van der Waals surface area contributed by atoms with E-state index in [0.717, 1.165) is 10.9 Å². The summed E-state index contributed by atoms with van der Waals surface area (Å²) in [4.78, 5) is 22.6. The Bertz CT molecular complexity index is 616. The summed E-state index contributed by atoms with van der Waals surface area (Å²) in [6.07, 6.45) is 0. The van der Waals surface area contributed by atoms with Crippen LogP contribution in [0.3, 0.4) is 0 Å². The summed E-state index contributed by atoms with van der Waals surface area (Å²) in [5.74, 6) is -0.0581. The van der Waals surface area contributed by atoms with Crippen LogP contribution >= 0.6 is 0 Å². The number of carbonyl (C=O) groups is 2. The lowest BCUT2D eigenvalue weighted by Crippen LogP contribution is -2.33. The van der Waals surface area contributed by atoms with Gasteiger partial charge >= 0.3 is 0 Å². The monoisotopic (exact) mass is 260 g/mol. The molecule has 0 saturated carbocycles. The van der Waals surface area contributed by atoms with E-state index in [4.69, 9.17) is 4.42 Å². The number of furan rings is 1. The number of amides is 2. The fourth-order valence-electron chi connectivity index (χ4n) is 1.89. The Kier molecular flexibility index (Phi) is 3.85. The van der Waals surface area contributed by atoms with Crippen molar-refractivity contribution in [1.82, 2.24) is 10.6 Å². The van der Waals surface area contributed by atoms with Crippen LogP contribution in [0.5, 0.6) is 0 Å². The van der Waals surface area contributed by atoms with Crippen molar-refractivity contribution in [2.45, 2.75) is 13.8 Å². The van der Waals surface area contributed by atoms with Gasteiger partial charge in [0.2, 0.25) is 5.91 Å². The van der Waals surface area contributed by atoms with Gasteiger partial charge in [0.05, 0.1) is 0 Å². The second kappa shape index (κ2) is 5.56. The molecule has 1 aromatic heterocycles. The molecule has 1 aromatic carbocycles. The molecule has 0 unspecified atom stereocenters. The maximum absolute atomic E-state index is 12.0. The molecule has 0 aliphatic carbocycles. The number of hydrogen-bond acceptors (Lipinski definition) is 3.